The van der Waals surface area contributed by atoms with E-state index in [4.69, 9.17) is 9.47 Å². The molecule has 0 amide bonds. The third-order valence-corrected chi connectivity index (χ3v) is 4.23. The Kier molecular flexibility index (Phi) is 5.67. The van der Waals surface area contributed by atoms with Gasteiger partial charge in [-0.25, -0.2) is 4.79 Å². The van der Waals surface area contributed by atoms with Crippen LogP contribution < -0.4 is 4.74 Å². The highest BCUT2D eigenvalue weighted by atomic mass is 16.5. The highest BCUT2D eigenvalue weighted by molar-refractivity contribution is 6.12. The van der Waals surface area contributed by atoms with Crippen LogP contribution in [0.1, 0.15) is 33.2 Å². The van der Waals surface area contributed by atoms with Gasteiger partial charge in [0.15, 0.2) is 5.78 Å². The number of benzene rings is 3. The van der Waals surface area contributed by atoms with Crippen LogP contribution in [0, 0.1) is 0 Å². The van der Waals surface area contributed by atoms with Crippen LogP contribution in [0.4, 0.5) is 0 Å². The number of ether oxygens (including phenoxy) is 2. The lowest BCUT2D eigenvalue weighted by molar-refractivity contribution is 0.0526. The van der Waals surface area contributed by atoms with Crippen LogP contribution in [0.15, 0.2) is 72.8 Å². The van der Waals surface area contributed by atoms with Crippen molar-refractivity contribution in [1.29, 1.82) is 0 Å². The predicted molar refractivity (Wildman–Crippen MR) is 104 cm³/mol. The van der Waals surface area contributed by atoms with Gasteiger partial charge >= 0.3 is 5.97 Å². The molecule has 0 aliphatic carbocycles. The molecule has 136 valence electrons. The Morgan fingerprint density at radius 2 is 1.44 bits per heavy atom. The van der Waals surface area contributed by atoms with Gasteiger partial charge in [0, 0.05) is 11.1 Å². The Morgan fingerprint density at radius 3 is 2.07 bits per heavy atom. The van der Waals surface area contributed by atoms with E-state index in [9.17, 15) is 9.59 Å². The molecule has 0 radical (unpaired) electrons. The molecule has 0 spiro atoms. The first-order chi connectivity index (χ1) is 13.1. The Morgan fingerprint density at radius 1 is 0.815 bits per heavy atom. The van der Waals surface area contributed by atoms with E-state index in [2.05, 4.69) is 0 Å². The molecule has 0 aromatic heterocycles. The number of carbonyl (C=O) groups is 2. The topological polar surface area (TPSA) is 52.6 Å². The lowest BCUT2D eigenvalue weighted by Gasteiger charge is -2.10. The van der Waals surface area contributed by atoms with E-state index in [1.807, 2.05) is 30.3 Å². The largest absolute Gasteiger partial charge is 0.497 e. The summed E-state index contributed by atoms with van der Waals surface area (Å²) in [6.07, 6.45) is 0. The summed E-state index contributed by atoms with van der Waals surface area (Å²) in [4.78, 5) is 24.8. The quantitative estimate of drug-likeness (QED) is 0.469. The van der Waals surface area contributed by atoms with E-state index in [0.29, 0.717) is 29.0 Å². The second-order valence-corrected chi connectivity index (χ2v) is 5.90. The molecule has 0 saturated heterocycles. The van der Waals surface area contributed by atoms with Gasteiger partial charge in [-0.05, 0) is 54.4 Å². The fourth-order valence-corrected chi connectivity index (χ4v) is 2.83. The van der Waals surface area contributed by atoms with Crippen LogP contribution in [-0.2, 0) is 4.74 Å². The van der Waals surface area contributed by atoms with Crippen molar-refractivity contribution in [2.75, 3.05) is 13.7 Å². The molecule has 0 N–H and O–H groups in total. The number of hydrogen-bond acceptors (Lipinski definition) is 4. The first kappa shape index (κ1) is 18.4. The molecule has 0 atom stereocenters. The molecule has 3 rings (SSSR count). The van der Waals surface area contributed by atoms with Gasteiger partial charge in [0.05, 0.1) is 19.3 Å². The lowest BCUT2D eigenvalue weighted by Crippen LogP contribution is -2.05. The fourth-order valence-electron chi connectivity index (χ4n) is 2.83. The highest BCUT2D eigenvalue weighted by Gasteiger charge is 2.15. The number of carbonyl (C=O) groups excluding carboxylic acids is 2. The SMILES string of the molecule is CCOC(=O)c1ccc(-c2ccccc2C(=O)c2ccc(OC)cc2)cc1. The van der Waals surface area contributed by atoms with Crippen LogP contribution >= 0.6 is 0 Å². The van der Waals surface area contributed by atoms with E-state index < -0.39 is 0 Å². The Hall–Kier alpha value is -3.40. The van der Waals surface area contributed by atoms with Gasteiger partial charge in [0.2, 0.25) is 0 Å². The molecule has 3 aromatic carbocycles. The number of esters is 1. The minimum atomic E-state index is -0.355. The van der Waals surface area contributed by atoms with Gasteiger partial charge in [-0.3, -0.25) is 4.79 Å². The van der Waals surface area contributed by atoms with Crippen LogP contribution in [-0.4, -0.2) is 25.5 Å². The summed E-state index contributed by atoms with van der Waals surface area (Å²) in [5.41, 5.74) is 3.35. The van der Waals surface area contributed by atoms with Gasteiger partial charge in [-0.15, -0.1) is 0 Å². The first-order valence-corrected chi connectivity index (χ1v) is 8.69. The molecule has 0 bridgehead atoms. The third kappa shape index (κ3) is 4.06. The average molecular weight is 360 g/mol. The van der Waals surface area contributed by atoms with E-state index in [1.54, 1.807) is 56.5 Å². The molecule has 0 saturated carbocycles. The maximum Gasteiger partial charge on any atom is 0.338 e. The minimum absolute atomic E-state index is 0.0669. The molecule has 0 aliphatic rings. The van der Waals surface area contributed by atoms with Gasteiger partial charge < -0.3 is 9.47 Å². The molecule has 3 aromatic rings. The van der Waals surface area contributed by atoms with Crippen LogP contribution in [0.25, 0.3) is 11.1 Å². The van der Waals surface area contributed by atoms with E-state index in [0.717, 1.165) is 11.1 Å². The number of ketones is 1. The van der Waals surface area contributed by atoms with Crippen LogP contribution in [0.3, 0.4) is 0 Å². The van der Waals surface area contributed by atoms with Crippen molar-refractivity contribution in [3.05, 3.63) is 89.5 Å². The van der Waals surface area contributed by atoms with E-state index in [1.165, 1.54) is 0 Å². The Labute approximate surface area is 158 Å². The zero-order valence-electron chi connectivity index (χ0n) is 15.3. The standard InChI is InChI=1S/C23H20O4/c1-3-27-23(25)18-10-8-16(9-11-18)20-6-4-5-7-21(20)22(24)17-12-14-19(26-2)15-13-17/h4-15H,3H2,1-2H3. The molecule has 0 aliphatic heterocycles. The van der Waals surface area contributed by atoms with Gasteiger partial charge in [0.1, 0.15) is 5.75 Å². The number of methoxy groups -OCH3 is 1. The zero-order chi connectivity index (χ0) is 19.2. The highest BCUT2D eigenvalue weighted by Crippen LogP contribution is 2.27. The lowest BCUT2D eigenvalue weighted by atomic mass is 9.93. The average Bonchev–Trinajstić information content (AvgIpc) is 2.73. The van der Waals surface area contributed by atoms with Crippen LogP contribution in [0.5, 0.6) is 5.75 Å². The Balaban J connectivity index is 1.93. The van der Waals surface area contributed by atoms with Gasteiger partial charge in [-0.1, -0.05) is 36.4 Å². The second-order valence-electron chi connectivity index (χ2n) is 5.90. The molecular weight excluding hydrogens is 340 g/mol. The van der Waals surface area contributed by atoms with Gasteiger partial charge in [-0.2, -0.15) is 0 Å². The predicted octanol–water partition coefficient (Wildman–Crippen LogP) is 4.77. The zero-order valence-corrected chi connectivity index (χ0v) is 15.3. The summed E-state index contributed by atoms with van der Waals surface area (Å²) in [5, 5.41) is 0. The van der Waals surface area contributed by atoms with E-state index >= 15 is 0 Å². The Bertz CT molecular complexity index is 941. The summed E-state index contributed by atoms with van der Waals surface area (Å²) < 4.78 is 10.2. The summed E-state index contributed by atoms with van der Waals surface area (Å²) in [5.74, 6) is 0.281. The summed E-state index contributed by atoms with van der Waals surface area (Å²) in [6.45, 7) is 2.10. The first-order valence-electron chi connectivity index (χ1n) is 8.69. The van der Waals surface area contributed by atoms with Crippen molar-refractivity contribution >= 4 is 11.8 Å². The van der Waals surface area contributed by atoms with Crippen molar-refractivity contribution in [2.24, 2.45) is 0 Å². The third-order valence-electron chi connectivity index (χ3n) is 4.23. The summed E-state index contributed by atoms with van der Waals surface area (Å²) in [7, 11) is 1.59. The number of hydrogen-bond donors (Lipinski definition) is 0. The molecule has 0 unspecified atom stereocenters. The maximum atomic E-state index is 13.0. The smallest absolute Gasteiger partial charge is 0.338 e. The van der Waals surface area contributed by atoms with E-state index in [-0.39, 0.29) is 11.8 Å². The second kappa shape index (κ2) is 8.32. The van der Waals surface area contributed by atoms with Crippen molar-refractivity contribution in [3.63, 3.8) is 0 Å². The molecule has 4 nitrogen and oxygen atoms in total. The molecule has 4 heteroatoms. The normalized spacial score (nSPS) is 10.3. The monoisotopic (exact) mass is 360 g/mol. The summed E-state index contributed by atoms with van der Waals surface area (Å²) in [6, 6.07) is 21.5. The number of rotatable bonds is 6. The fraction of sp³-hybridized carbons (Fsp3) is 0.130. The van der Waals surface area contributed by atoms with Gasteiger partial charge in [0.25, 0.3) is 0 Å². The molecule has 0 heterocycles. The van der Waals surface area contributed by atoms with Crippen molar-refractivity contribution in [1.82, 2.24) is 0 Å². The van der Waals surface area contributed by atoms with Crippen LogP contribution in [0.2, 0.25) is 0 Å². The minimum Gasteiger partial charge on any atom is -0.497 e. The molecule has 0 fully saturated rings. The molecular formula is C23H20O4. The van der Waals surface area contributed by atoms with Crippen molar-refractivity contribution in [2.45, 2.75) is 6.92 Å². The summed E-state index contributed by atoms with van der Waals surface area (Å²) >= 11 is 0. The van der Waals surface area contributed by atoms with Crippen molar-refractivity contribution < 1.29 is 19.1 Å². The maximum absolute atomic E-state index is 13.0. The molecule has 27 heavy (non-hydrogen) atoms. The van der Waals surface area contributed by atoms with Crippen molar-refractivity contribution in [3.8, 4) is 16.9 Å².